The molecule has 9 heteroatoms. The van der Waals surface area contributed by atoms with Gasteiger partial charge in [-0.2, -0.15) is 5.10 Å². The van der Waals surface area contributed by atoms with E-state index >= 15 is 0 Å². The molecule has 1 aromatic heterocycles. The van der Waals surface area contributed by atoms with Crippen LogP contribution in [0.5, 0.6) is 0 Å². The minimum Gasteiger partial charge on any atom is -0.394 e. The van der Waals surface area contributed by atoms with Gasteiger partial charge in [0.2, 0.25) is 0 Å². The largest absolute Gasteiger partial charge is 0.394 e. The highest BCUT2D eigenvalue weighted by atomic mass is 35.5. The third-order valence-corrected chi connectivity index (χ3v) is 4.31. The summed E-state index contributed by atoms with van der Waals surface area (Å²) in [7, 11) is -3.81. The molecule has 2 aromatic rings. The molecule has 0 amide bonds. The van der Waals surface area contributed by atoms with Crippen molar-refractivity contribution in [1.82, 2.24) is 9.78 Å². The van der Waals surface area contributed by atoms with Crippen LogP contribution in [0.1, 0.15) is 0 Å². The molecule has 2 N–H and O–H groups in total. The van der Waals surface area contributed by atoms with Crippen LogP contribution in [0.25, 0.3) is 0 Å². The van der Waals surface area contributed by atoms with E-state index in [1.807, 2.05) is 0 Å². The zero-order chi connectivity index (χ0) is 14.8. The molecule has 0 saturated heterocycles. The van der Waals surface area contributed by atoms with E-state index < -0.39 is 10.0 Å². The first-order valence-electron chi connectivity index (χ1n) is 5.53. The molecule has 0 bridgehead atoms. The molecular formula is C11H11Cl2N3O3S. The van der Waals surface area contributed by atoms with Crippen LogP contribution in [0.15, 0.2) is 35.5 Å². The highest BCUT2D eigenvalue weighted by molar-refractivity contribution is 7.92. The predicted molar refractivity (Wildman–Crippen MR) is 76.6 cm³/mol. The molecule has 108 valence electrons. The smallest absolute Gasteiger partial charge is 0.265 e. The van der Waals surface area contributed by atoms with Gasteiger partial charge in [-0.15, -0.1) is 0 Å². The maximum absolute atomic E-state index is 12.2. The van der Waals surface area contributed by atoms with Gasteiger partial charge in [0.05, 0.1) is 30.1 Å². The number of rotatable bonds is 5. The average Bonchev–Trinajstić information content (AvgIpc) is 2.83. The Hall–Kier alpha value is -1.28. The Morgan fingerprint density at radius 1 is 1.35 bits per heavy atom. The first-order valence-corrected chi connectivity index (χ1v) is 7.77. The number of nitrogens with one attached hydrogen (secondary N) is 1. The van der Waals surface area contributed by atoms with Crippen molar-refractivity contribution < 1.29 is 13.5 Å². The monoisotopic (exact) mass is 335 g/mol. The van der Waals surface area contributed by atoms with E-state index in [2.05, 4.69) is 9.82 Å². The zero-order valence-electron chi connectivity index (χ0n) is 10.1. The fourth-order valence-electron chi connectivity index (χ4n) is 1.49. The van der Waals surface area contributed by atoms with Crippen LogP contribution in [0.4, 0.5) is 5.69 Å². The molecule has 0 aliphatic heterocycles. The number of benzene rings is 1. The lowest BCUT2D eigenvalue weighted by Crippen LogP contribution is -2.12. The second kappa shape index (κ2) is 6.01. The van der Waals surface area contributed by atoms with Crippen LogP contribution in [0, 0.1) is 0 Å². The Balaban J connectivity index is 2.28. The molecule has 6 nitrogen and oxygen atoms in total. The SMILES string of the molecule is O=S(=O)(Nc1cc(Cl)ccc1Cl)c1cnn(CCO)c1. The molecule has 0 unspecified atom stereocenters. The van der Waals surface area contributed by atoms with Crippen molar-refractivity contribution in [1.29, 1.82) is 0 Å². The van der Waals surface area contributed by atoms with E-state index in [-0.39, 0.29) is 28.8 Å². The summed E-state index contributed by atoms with van der Waals surface area (Å²) in [5.74, 6) is 0. The van der Waals surface area contributed by atoms with Gasteiger partial charge in [0.1, 0.15) is 4.90 Å². The Labute approximate surface area is 126 Å². The van der Waals surface area contributed by atoms with E-state index in [1.165, 1.54) is 29.2 Å². The normalized spacial score (nSPS) is 11.6. The molecule has 0 atom stereocenters. The number of sulfonamides is 1. The summed E-state index contributed by atoms with van der Waals surface area (Å²) < 4.78 is 28.0. The summed E-state index contributed by atoms with van der Waals surface area (Å²) >= 11 is 11.7. The maximum Gasteiger partial charge on any atom is 0.265 e. The average molecular weight is 336 g/mol. The second-order valence-corrected chi connectivity index (χ2v) is 6.42. The quantitative estimate of drug-likeness (QED) is 0.874. The minimum absolute atomic E-state index is 0.0259. The fourth-order valence-corrected chi connectivity index (χ4v) is 2.90. The van der Waals surface area contributed by atoms with Crippen LogP contribution in [0.2, 0.25) is 10.0 Å². The summed E-state index contributed by atoms with van der Waals surface area (Å²) in [5, 5.41) is 13.2. The maximum atomic E-state index is 12.2. The third kappa shape index (κ3) is 3.43. The Bertz CT molecular complexity index is 715. The van der Waals surface area contributed by atoms with Crippen molar-refractivity contribution in [2.24, 2.45) is 0 Å². The van der Waals surface area contributed by atoms with Gasteiger partial charge in [0, 0.05) is 11.2 Å². The third-order valence-electron chi connectivity index (χ3n) is 2.42. The van der Waals surface area contributed by atoms with Crippen LogP contribution in [-0.4, -0.2) is 29.9 Å². The number of hydrogen-bond donors (Lipinski definition) is 2. The number of hydrogen-bond acceptors (Lipinski definition) is 4. The van der Waals surface area contributed by atoms with Crippen molar-refractivity contribution >= 4 is 38.9 Å². The number of halogens is 2. The number of anilines is 1. The lowest BCUT2D eigenvalue weighted by molar-refractivity contribution is 0.269. The number of aliphatic hydroxyl groups is 1. The van der Waals surface area contributed by atoms with Crippen molar-refractivity contribution in [3.63, 3.8) is 0 Å². The van der Waals surface area contributed by atoms with E-state index in [4.69, 9.17) is 28.3 Å². The van der Waals surface area contributed by atoms with E-state index in [0.29, 0.717) is 5.02 Å². The summed E-state index contributed by atoms with van der Waals surface area (Å²) in [6.07, 6.45) is 2.51. The Morgan fingerprint density at radius 2 is 2.10 bits per heavy atom. The summed E-state index contributed by atoms with van der Waals surface area (Å²) in [6.45, 7) is 0.0855. The summed E-state index contributed by atoms with van der Waals surface area (Å²) in [4.78, 5) is -0.0259. The molecular weight excluding hydrogens is 325 g/mol. The fraction of sp³-hybridized carbons (Fsp3) is 0.182. The van der Waals surface area contributed by atoms with Gasteiger partial charge in [0.15, 0.2) is 0 Å². The lowest BCUT2D eigenvalue weighted by atomic mass is 10.3. The standard InChI is InChI=1S/C11H11Cl2N3O3S/c12-8-1-2-10(13)11(5-8)15-20(18,19)9-6-14-16(7-9)3-4-17/h1-2,5-7,15,17H,3-4H2. The van der Waals surface area contributed by atoms with E-state index in [9.17, 15) is 8.42 Å². The molecule has 0 fully saturated rings. The molecule has 0 aliphatic rings. The number of aromatic nitrogens is 2. The second-order valence-electron chi connectivity index (χ2n) is 3.89. The minimum atomic E-state index is -3.81. The van der Waals surface area contributed by atoms with Crippen LogP contribution in [-0.2, 0) is 16.6 Å². The zero-order valence-corrected chi connectivity index (χ0v) is 12.5. The lowest BCUT2D eigenvalue weighted by Gasteiger charge is -2.08. The van der Waals surface area contributed by atoms with Gasteiger partial charge in [0.25, 0.3) is 10.0 Å². The van der Waals surface area contributed by atoms with Gasteiger partial charge in [-0.3, -0.25) is 9.40 Å². The highest BCUT2D eigenvalue weighted by Crippen LogP contribution is 2.27. The van der Waals surface area contributed by atoms with Gasteiger partial charge >= 0.3 is 0 Å². The molecule has 0 spiro atoms. The van der Waals surface area contributed by atoms with Crippen LogP contribution in [0.3, 0.4) is 0 Å². The van der Waals surface area contributed by atoms with Crippen LogP contribution >= 0.6 is 23.2 Å². The molecule has 0 saturated carbocycles. The van der Waals surface area contributed by atoms with Gasteiger partial charge in [-0.1, -0.05) is 23.2 Å². The molecule has 1 heterocycles. The first-order chi connectivity index (χ1) is 9.42. The van der Waals surface area contributed by atoms with Gasteiger partial charge in [-0.05, 0) is 18.2 Å². The predicted octanol–water partition coefficient (Wildman–Crippen LogP) is 1.98. The highest BCUT2D eigenvalue weighted by Gasteiger charge is 2.18. The topological polar surface area (TPSA) is 84.2 Å². The molecule has 1 aromatic carbocycles. The Kier molecular flexibility index (Phi) is 4.54. The number of aliphatic hydroxyl groups excluding tert-OH is 1. The first kappa shape index (κ1) is 15.1. The van der Waals surface area contributed by atoms with Gasteiger partial charge < -0.3 is 5.11 Å². The van der Waals surface area contributed by atoms with Crippen LogP contribution < -0.4 is 4.72 Å². The van der Waals surface area contributed by atoms with Crippen molar-refractivity contribution in [2.75, 3.05) is 11.3 Å². The number of nitrogens with zero attached hydrogens (tertiary/aromatic N) is 2. The molecule has 0 radical (unpaired) electrons. The summed E-state index contributed by atoms with van der Waals surface area (Å²) in [6, 6.07) is 4.47. The van der Waals surface area contributed by atoms with E-state index in [1.54, 1.807) is 6.07 Å². The Morgan fingerprint density at radius 3 is 2.80 bits per heavy atom. The van der Waals surface area contributed by atoms with Gasteiger partial charge in [-0.25, -0.2) is 8.42 Å². The molecule has 0 aliphatic carbocycles. The van der Waals surface area contributed by atoms with Crippen molar-refractivity contribution in [2.45, 2.75) is 11.4 Å². The molecule has 2 rings (SSSR count). The van der Waals surface area contributed by atoms with Crippen molar-refractivity contribution in [3.8, 4) is 0 Å². The van der Waals surface area contributed by atoms with E-state index in [0.717, 1.165) is 0 Å². The summed E-state index contributed by atoms with van der Waals surface area (Å²) in [5.41, 5.74) is 0.189. The van der Waals surface area contributed by atoms with Crippen molar-refractivity contribution in [3.05, 3.63) is 40.6 Å². The molecule has 20 heavy (non-hydrogen) atoms.